The molecule has 0 saturated heterocycles. The van der Waals surface area contributed by atoms with Gasteiger partial charge >= 0.3 is 0 Å². The molecule has 0 radical (unpaired) electrons. The Kier molecular flexibility index (Phi) is 4.04. The molecule has 0 atom stereocenters. The van der Waals surface area contributed by atoms with Crippen molar-refractivity contribution < 1.29 is 4.74 Å². The highest BCUT2D eigenvalue weighted by atomic mass is 32.1. The second-order valence-corrected chi connectivity index (χ2v) is 4.21. The van der Waals surface area contributed by atoms with Crippen LogP contribution in [0.1, 0.15) is 24.0 Å². The summed E-state index contributed by atoms with van der Waals surface area (Å²) in [6, 6.07) is 0. The van der Waals surface area contributed by atoms with Crippen LogP contribution in [0.25, 0.3) is 0 Å². The lowest BCUT2D eigenvalue weighted by Gasteiger charge is -2.17. The van der Waals surface area contributed by atoms with Gasteiger partial charge in [0, 0.05) is 43.8 Å². The van der Waals surface area contributed by atoms with Gasteiger partial charge in [-0.1, -0.05) is 12.2 Å². The SMILES string of the molecule is CCOCCc1nc(=S)c2c([nH]1)CCNC2. The molecule has 0 saturated carbocycles. The van der Waals surface area contributed by atoms with E-state index in [0.717, 1.165) is 48.6 Å². The Hall–Kier alpha value is -0.780. The molecule has 0 fully saturated rings. The second kappa shape index (κ2) is 5.52. The third-order valence-electron chi connectivity index (χ3n) is 2.69. The van der Waals surface area contributed by atoms with Crippen LogP contribution in [0.5, 0.6) is 0 Å². The van der Waals surface area contributed by atoms with Gasteiger partial charge in [-0.3, -0.25) is 0 Å². The maximum Gasteiger partial charge on any atom is 0.134 e. The van der Waals surface area contributed by atoms with Crippen LogP contribution in [0.4, 0.5) is 0 Å². The molecule has 2 heterocycles. The smallest absolute Gasteiger partial charge is 0.134 e. The molecule has 0 amide bonds. The zero-order valence-electron chi connectivity index (χ0n) is 9.51. The number of nitrogens with one attached hydrogen (secondary N) is 2. The van der Waals surface area contributed by atoms with E-state index < -0.39 is 0 Å². The number of nitrogens with zero attached hydrogens (tertiary/aromatic N) is 1. The van der Waals surface area contributed by atoms with E-state index in [1.807, 2.05) is 6.92 Å². The van der Waals surface area contributed by atoms with Crippen LogP contribution in [0.3, 0.4) is 0 Å². The van der Waals surface area contributed by atoms with Gasteiger partial charge in [-0.05, 0) is 6.92 Å². The maximum atomic E-state index is 5.31. The Morgan fingerprint density at radius 3 is 3.19 bits per heavy atom. The van der Waals surface area contributed by atoms with Gasteiger partial charge in [-0.15, -0.1) is 0 Å². The topological polar surface area (TPSA) is 49.9 Å². The monoisotopic (exact) mass is 239 g/mol. The molecule has 0 spiro atoms. The molecule has 5 heteroatoms. The van der Waals surface area contributed by atoms with Crippen LogP contribution in [0.15, 0.2) is 0 Å². The van der Waals surface area contributed by atoms with Crippen molar-refractivity contribution >= 4 is 12.2 Å². The van der Waals surface area contributed by atoms with Crippen LogP contribution in [0, 0.1) is 4.64 Å². The number of hydrogen-bond donors (Lipinski definition) is 2. The fourth-order valence-electron chi connectivity index (χ4n) is 1.85. The first-order valence-corrected chi connectivity index (χ1v) is 6.11. The lowest BCUT2D eigenvalue weighted by molar-refractivity contribution is 0.149. The van der Waals surface area contributed by atoms with E-state index in [4.69, 9.17) is 17.0 Å². The fourth-order valence-corrected chi connectivity index (χ4v) is 2.16. The summed E-state index contributed by atoms with van der Waals surface area (Å²) in [5.74, 6) is 0.944. The predicted molar refractivity (Wildman–Crippen MR) is 65.0 cm³/mol. The van der Waals surface area contributed by atoms with Crippen molar-refractivity contribution in [3.63, 3.8) is 0 Å². The molecule has 0 unspecified atom stereocenters. The van der Waals surface area contributed by atoms with E-state index in [1.54, 1.807) is 0 Å². The molecule has 1 aliphatic heterocycles. The van der Waals surface area contributed by atoms with Crippen LogP contribution in [-0.4, -0.2) is 29.7 Å². The number of hydrogen-bond acceptors (Lipinski definition) is 4. The number of H-pyrrole nitrogens is 1. The van der Waals surface area contributed by atoms with Crippen molar-refractivity contribution in [2.24, 2.45) is 0 Å². The van der Waals surface area contributed by atoms with E-state index in [1.165, 1.54) is 5.69 Å². The molecule has 16 heavy (non-hydrogen) atoms. The van der Waals surface area contributed by atoms with Gasteiger partial charge in [0.1, 0.15) is 10.5 Å². The molecule has 0 aliphatic carbocycles. The third kappa shape index (κ3) is 2.66. The summed E-state index contributed by atoms with van der Waals surface area (Å²) >= 11 is 5.29. The van der Waals surface area contributed by atoms with Gasteiger partial charge < -0.3 is 15.0 Å². The molecule has 0 bridgehead atoms. The second-order valence-electron chi connectivity index (χ2n) is 3.82. The molecule has 2 N–H and O–H groups in total. The highest BCUT2D eigenvalue weighted by Gasteiger charge is 2.12. The summed E-state index contributed by atoms with van der Waals surface area (Å²) in [7, 11) is 0. The normalized spacial score (nSPS) is 14.8. The maximum absolute atomic E-state index is 5.31. The summed E-state index contributed by atoms with van der Waals surface area (Å²) in [5, 5.41) is 3.30. The number of ether oxygens (including phenoxy) is 1. The molecule has 1 aliphatic rings. The average molecular weight is 239 g/mol. The average Bonchev–Trinajstić information content (AvgIpc) is 2.30. The first-order valence-electron chi connectivity index (χ1n) is 5.70. The van der Waals surface area contributed by atoms with E-state index in [-0.39, 0.29) is 0 Å². The number of aromatic amines is 1. The van der Waals surface area contributed by atoms with Gasteiger partial charge in [0.15, 0.2) is 0 Å². The van der Waals surface area contributed by atoms with Crippen molar-refractivity contribution in [2.75, 3.05) is 19.8 Å². The highest BCUT2D eigenvalue weighted by molar-refractivity contribution is 7.71. The molecule has 1 aromatic heterocycles. The van der Waals surface area contributed by atoms with E-state index >= 15 is 0 Å². The minimum absolute atomic E-state index is 0.700. The summed E-state index contributed by atoms with van der Waals surface area (Å²) in [6.45, 7) is 5.28. The van der Waals surface area contributed by atoms with Gasteiger partial charge in [-0.25, -0.2) is 4.98 Å². The summed E-state index contributed by atoms with van der Waals surface area (Å²) < 4.78 is 6.04. The lowest BCUT2D eigenvalue weighted by Crippen LogP contribution is -2.26. The quantitative estimate of drug-likeness (QED) is 0.615. The summed E-state index contributed by atoms with van der Waals surface area (Å²) in [5.41, 5.74) is 2.40. The Labute approximate surface area is 100 Å². The van der Waals surface area contributed by atoms with Crippen molar-refractivity contribution in [2.45, 2.75) is 26.3 Å². The summed E-state index contributed by atoms with van der Waals surface area (Å²) in [6.07, 6.45) is 1.81. The molecule has 1 aromatic rings. The van der Waals surface area contributed by atoms with E-state index in [9.17, 15) is 0 Å². The van der Waals surface area contributed by atoms with Gasteiger partial charge in [-0.2, -0.15) is 0 Å². The Balaban J connectivity index is 2.15. The number of aromatic nitrogens is 2. The molecule has 2 rings (SSSR count). The van der Waals surface area contributed by atoms with Crippen molar-refractivity contribution in [1.82, 2.24) is 15.3 Å². The minimum atomic E-state index is 0.700. The van der Waals surface area contributed by atoms with Crippen LogP contribution in [0.2, 0.25) is 0 Å². The van der Waals surface area contributed by atoms with Crippen LogP contribution < -0.4 is 5.32 Å². The van der Waals surface area contributed by atoms with Crippen molar-refractivity contribution in [1.29, 1.82) is 0 Å². The minimum Gasteiger partial charge on any atom is -0.381 e. The first kappa shape index (κ1) is 11.7. The van der Waals surface area contributed by atoms with E-state index in [2.05, 4.69) is 15.3 Å². The highest BCUT2D eigenvalue weighted by Crippen LogP contribution is 2.12. The molecular weight excluding hydrogens is 222 g/mol. The lowest BCUT2D eigenvalue weighted by atomic mass is 10.1. The zero-order valence-corrected chi connectivity index (χ0v) is 10.3. The van der Waals surface area contributed by atoms with E-state index in [0.29, 0.717) is 6.61 Å². The largest absolute Gasteiger partial charge is 0.381 e. The van der Waals surface area contributed by atoms with Gasteiger partial charge in [0.25, 0.3) is 0 Å². The van der Waals surface area contributed by atoms with Crippen LogP contribution >= 0.6 is 12.2 Å². The summed E-state index contributed by atoms with van der Waals surface area (Å²) in [4.78, 5) is 7.76. The fraction of sp³-hybridized carbons (Fsp3) is 0.636. The number of fused-ring (bicyclic) bond motifs is 1. The van der Waals surface area contributed by atoms with Crippen LogP contribution in [-0.2, 0) is 24.1 Å². The zero-order chi connectivity index (χ0) is 11.4. The standard InChI is InChI=1S/C11H17N3OS/c1-2-15-6-4-10-13-9-3-5-12-7-8(9)11(16)14-10/h12H,2-7H2,1H3,(H,13,14,16). The first-order chi connectivity index (χ1) is 7.81. The van der Waals surface area contributed by atoms with Crippen molar-refractivity contribution in [3.05, 3.63) is 21.7 Å². The predicted octanol–water partition coefficient (Wildman–Crippen LogP) is 1.36. The Morgan fingerprint density at radius 2 is 2.38 bits per heavy atom. The molecule has 4 nitrogen and oxygen atoms in total. The molecule has 88 valence electrons. The number of rotatable bonds is 4. The Bertz CT molecular complexity index is 416. The van der Waals surface area contributed by atoms with Crippen molar-refractivity contribution in [3.8, 4) is 0 Å². The Morgan fingerprint density at radius 1 is 1.50 bits per heavy atom. The molecular formula is C11H17N3OS. The molecule has 0 aromatic carbocycles. The third-order valence-corrected chi connectivity index (χ3v) is 3.03. The van der Waals surface area contributed by atoms with Gasteiger partial charge in [0.2, 0.25) is 0 Å². The van der Waals surface area contributed by atoms with Gasteiger partial charge in [0.05, 0.1) is 6.61 Å².